The zero-order valence-corrected chi connectivity index (χ0v) is 13.6. The molecule has 0 bridgehead atoms. The summed E-state index contributed by atoms with van der Waals surface area (Å²) in [5.41, 5.74) is 0.288. The highest BCUT2D eigenvalue weighted by atomic mass is 79.9. The molecular formula is C16H22BrFO2. The summed E-state index contributed by atoms with van der Waals surface area (Å²) in [6, 6.07) is 4.92. The van der Waals surface area contributed by atoms with Gasteiger partial charge in [-0.25, -0.2) is 4.39 Å². The predicted molar refractivity (Wildman–Crippen MR) is 81.2 cm³/mol. The molecule has 0 radical (unpaired) electrons. The minimum atomic E-state index is -0.617. The van der Waals surface area contributed by atoms with Crippen LogP contribution < -0.4 is 0 Å². The molecule has 1 fully saturated rings. The molecule has 1 aromatic carbocycles. The average Bonchev–Trinajstić information content (AvgIpc) is 2.43. The van der Waals surface area contributed by atoms with E-state index in [4.69, 9.17) is 4.74 Å². The summed E-state index contributed by atoms with van der Waals surface area (Å²) < 4.78 is 19.7. The van der Waals surface area contributed by atoms with Gasteiger partial charge in [0.15, 0.2) is 0 Å². The molecule has 1 aromatic rings. The van der Waals surface area contributed by atoms with Gasteiger partial charge in [-0.05, 0) is 46.3 Å². The van der Waals surface area contributed by atoms with E-state index in [1.165, 1.54) is 12.5 Å². The third kappa shape index (κ3) is 3.23. The van der Waals surface area contributed by atoms with Gasteiger partial charge >= 0.3 is 0 Å². The molecule has 1 saturated carbocycles. The number of hydrogen-bond acceptors (Lipinski definition) is 2. The zero-order valence-electron chi connectivity index (χ0n) is 12.0. The molecule has 0 amide bonds. The Labute approximate surface area is 128 Å². The first kappa shape index (κ1) is 15.9. The average molecular weight is 345 g/mol. The van der Waals surface area contributed by atoms with Crippen LogP contribution in [0, 0.1) is 11.7 Å². The van der Waals surface area contributed by atoms with Crippen LogP contribution in [-0.2, 0) is 11.2 Å². The number of rotatable bonds is 4. The van der Waals surface area contributed by atoms with E-state index in [-0.39, 0.29) is 5.82 Å². The highest BCUT2D eigenvalue weighted by Crippen LogP contribution is 2.38. The fraction of sp³-hybridized carbons (Fsp3) is 0.625. The van der Waals surface area contributed by atoms with Crippen molar-refractivity contribution in [3.05, 3.63) is 34.1 Å². The molecule has 1 aliphatic carbocycles. The molecule has 0 heterocycles. The summed E-state index contributed by atoms with van der Waals surface area (Å²) in [7, 11) is 1.67. The van der Waals surface area contributed by atoms with Crippen LogP contribution >= 0.6 is 15.9 Å². The number of halogens is 2. The van der Waals surface area contributed by atoms with Gasteiger partial charge in [-0.2, -0.15) is 0 Å². The fourth-order valence-corrected chi connectivity index (χ4v) is 3.69. The van der Waals surface area contributed by atoms with Gasteiger partial charge in [0, 0.05) is 13.5 Å². The van der Waals surface area contributed by atoms with Crippen LogP contribution in [0.1, 0.15) is 38.2 Å². The SMILES string of the molecule is COC1(C(O)Cc2cccc(F)c2Br)CCCC(C)C1. The third-order valence-electron chi connectivity index (χ3n) is 4.45. The topological polar surface area (TPSA) is 29.5 Å². The minimum absolute atomic E-state index is 0.293. The Morgan fingerprint density at radius 3 is 2.95 bits per heavy atom. The van der Waals surface area contributed by atoms with Crippen molar-refractivity contribution >= 4 is 15.9 Å². The lowest BCUT2D eigenvalue weighted by molar-refractivity contribution is -0.131. The first-order valence-electron chi connectivity index (χ1n) is 7.14. The smallest absolute Gasteiger partial charge is 0.137 e. The fourth-order valence-electron chi connectivity index (χ4n) is 3.27. The number of methoxy groups -OCH3 is 1. The van der Waals surface area contributed by atoms with Crippen molar-refractivity contribution in [2.45, 2.75) is 50.7 Å². The molecule has 3 unspecified atom stereocenters. The van der Waals surface area contributed by atoms with Crippen molar-refractivity contribution < 1.29 is 14.2 Å². The Bertz CT molecular complexity index is 466. The number of hydrogen-bond donors (Lipinski definition) is 1. The van der Waals surface area contributed by atoms with Gasteiger partial charge in [0.1, 0.15) is 5.82 Å². The summed E-state index contributed by atoms with van der Waals surface area (Å²) in [6.07, 6.45) is 3.75. The molecule has 20 heavy (non-hydrogen) atoms. The second kappa shape index (κ2) is 6.54. The van der Waals surface area contributed by atoms with E-state index in [0.29, 0.717) is 16.8 Å². The Kier molecular flexibility index (Phi) is 5.21. The van der Waals surface area contributed by atoms with E-state index in [9.17, 15) is 9.50 Å². The molecule has 0 aliphatic heterocycles. The van der Waals surface area contributed by atoms with Gasteiger partial charge in [0.05, 0.1) is 16.2 Å². The molecular weight excluding hydrogens is 323 g/mol. The monoisotopic (exact) mass is 344 g/mol. The minimum Gasteiger partial charge on any atom is -0.390 e. The van der Waals surface area contributed by atoms with Crippen molar-refractivity contribution in [2.75, 3.05) is 7.11 Å². The van der Waals surface area contributed by atoms with Gasteiger partial charge in [-0.15, -0.1) is 0 Å². The molecule has 1 N–H and O–H groups in total. The molecule has 112 valence electrons. The maximum atomic E-state index is 13.6. The van der Waals surface area contributed by atoms with E-state index in [1.54, 1.807) is 13.2 Å². The van der Waals surface area contributed by atoms with Crippen LogP contribution in [0.25, 0.3) is 0 Å². The maximum absolute atomic E-state index is 13.6. The summed E-state index contributed by atoms with van der Waals surface area (Å²) in [5.74, 6) is 0.257. The molecule has 4 heteroatoms. The van der Waals surface area contributed by atoms with Crippen molar-refractivity contribution in [3.63, 3.8) is 0 Å². The van der Waals surface area contributed by atoms with Crippen molar-refractivity contribution in [1.82, 2.24) is 0 Å². The summed E-state index contributed by atoms with van der Waals surface area (Å²) in [6.45, 7) is 2.19. The van der Waals surface area contributed by atoms with Gasteiger partial charge in [0.2, 0.25) is 0 Å². The second-order valence-electron chi connectivity index (χ2n) is 5.90. The Morgan fingerprint density at radius 2 is 2.30 bits per heavy atom. The Hall–Kier alpha value is -0.450. The van der Waals surface area contributed by atoms with Crippen LogP contribution in [0.15, 0.2) is 22.7 Å². The second-order valence-corrected chi connectivity index (χ2v) is 6.70. The number of benzene rings is 1. The Balaban J connectivity index is 2.17. The highest BCUT2D eigenvalue weighted by Gasteiger charge is 2.41. The first-order valence-corrected chi connectivity index (χ1v) is 7.94. The van der Waals surface area contributed by atoms with Crippen LogP contribution in [0.3, 0.4) is 0 Å². The molecule has 2 rings (SSSR count). The van der Waals surface area contributed by atoms with Gasteiger partial charge in [-0.1, -0.05) is 31.9 Å². The number of ether oxygens (including phenoxy) is 1. The highest BCUT2D eigenvalue weighted by molar-refractivity contribution is 9.10. The normalized spacial score (nSPS) is 28.4. The Morgan fingerprint density at radius 1 is 1.55 bits per heavy atom. The molecule has 3 atom stereocenters. The third-order valence-corrected chi connectivity index (χ3v) is 5.34. The van der Waals surface area contributed by atoms with Crippen molar-refractivity contribution in [2.24, 2.45) is 5.92 Å². The van der Waals surface area contributed by atoms with Crippen LogP contribution in [0.5, 0.6) is 0 Å². The largest absolute Gasteiger partial charge is 0.390 e. The van der Waals surface area contributed by atoms with Gasteiger partial charge in [-0.3, -0.25) is 0 Å². The summed E-state index contributed by atoms with van der Waals surface area (Å²) in [4.78, 5) is 0. The zero-order chi connectivity index (χ0) is 14.8. The lowest BCUT2D eigenvalue weighted by Gasteiger charge is -2.42. The van der Waals surface area contributed by atoms with E-state index < -0.39 is 11.7 Å². The molecule has 2 nitrogen and oxygen atoms in total. The standard InChI is InChI=1S/C16H22BrFO2/c1-11-5-4-8-16(10-11,20-2)14(19)9-12-6-3-7-13(18)15(12)17/h3,6-7,11,14,19H,4-5,8-10H2,1-2H3. The lowest BCUT2D eigenvalue weighted by Crippen LogP contribution is -2.48. The summed E-state index contributed by atoms with van der Waals surface area (Å²) in [5, 5.41) is 10.6. The molecule has 0 spiro atoms. The lowest BCUT2D eigenvalue weighted by atomic mass is 9.74. The van der Waals surface area contributed by atoms with Crippen LogP contribution in [-0.4, -0.2) is 23.9 Å². The number of aliphatic hydroxyl groups is 1. The van der Waals surface area contributed by atoms with E-state index in [2.05, 4.69) is 22.9 Å². The van der Waals surface area contributed by atoms with E-state index in [1.807, 2.05) is 6.07 Å². The molecule has 1 aliphatic rings. The van der Waals surface area contributed by atoms with E-state index >= 15 is 0 Å². The van der Waals surface area contributed by atoms with Crippen LogP contribution in [0.2, 0.25) is 0 Å². The van der Waals surface area contributed by atoms with Crippen LogP contribution in [0.4, 0.5) is 4.39 Å². The quantitative estimate of drug-likeness (QED) is 0.891. The number of aliphatic hydroxyl groups excluding tert-OH is 1. The first-order chi connectivity index (χ1) is 9.48. The maximum Gasteiger partial charge on any atom is 0.137 e. The molecule has 0 aromatic heterocycles. The van der Waals surface area contributed by atoms with Crippen molar-refractivity contribution in [3.8, 4) is 0 Å². The van der Waals surface area contributed by atoms with Gasteiger partial charge < -0.3 is 9.84 Å². The van der Waals surface area contributed by atoms with Crippen molar-refractivity contribution in [1.29, 1.82) is 0 Å². The summed E-state index contributed by atoms with van der Waals surface area (Å²) >= 11 is 3.26. The van der Waals surface area contributed by atoms with Gasteiger partial charge in [0.25, 0.3) is 0 Å². The predicted octanol–water partition coefficient (Wildman–Crippen LogP) is 4.09. The molecule has 0 saturated heterocycles. The van der Waals surface area contributed by atoms with E-state index in [0.717, 1.165) is 24.8 Å².